The predicted octanol–water partition coefficient (Wildman–Crippen LogP) is 4.95. The third kappa shape index (κ3) is 7.43. The summed E-state index contributed by atoms with van der Waals surface area (Å²) in [5.41, 5.74) is 3.14. The second-order valence-electron chi connectivity index (χ2n) is 11.0. The van der Waals surface area contributed by atoms with Crippen LogP contribution in [0.15, 0.2) is 91.3 Å². The zero-order chi connectivity index (χ0) is 29.5. The Bertz CT molecular complexity index is 1550. The SMILES string of the molecule is C[C@H](CN(c1ccccc1)S(=O)(=O)Cc1ccccc1)N1CCC(CC(=O)Nc2ccc(-c3nncn3C)cc2)CC1. The molecule has 0 unspecified atom stereocenters. The van der Waals surface area contributed by atoms with Gasteiger partial charge in [0.1, 0.15) is 6.33 Å². The van der Waals surface area contributed by atoms with Crippen molar-refractivity contribution in [3.8, 4) is 11.4 Å². The molecule has 1 aliphatic heterocycles. The van der Waals surface area contributed by atoms with Crippen molar-refractivity contribution in [2.45, 2.75) is 38.0 Å². The first-order chi connectivity index (χ1) is 20.3. The summed E-state index contributed by atoms with van der Waals surface area (Å²) in [5, 5.41) is 11.1. The number of aromatic nitrogens is 3. The highest BCUT2D eigenvalue weighted by molar-refractivity contribution is 7.92. The van der Waals surface area contributed by atoms with Gasteiger partial charge in [0.05, 0.1) is 11.4 Å². The Labute approximate surface area is 248 Å². The lowest BCUT2D eigenvalue weighted by Crippen LogP contribution is -2.48. The van der Waals surface area contributed by atoms with E-state index in [0.717, 1.165) is 48.6 Å². The van der Waals surface area contributed by atoms with Crippen LogP contribution in [-0.4, -0.2) is 59.7 Å². The van der Waals surface area contributed by atoms with Gasteiger partial charge in [-0.05, 0) is 80.7 Å². The Hall–Kier alpha value is -4.02. The molecule has 9 nitrogen and oxygen atoms in total. The molecule has 0 radical (unpaired) electrons. The highest BCUT2D eigenvalue weighted by Crippen LogP contribution is 2.26. The number of nitrogens with zero attached hydrogens (tertiary/aromatic N) is 5. The number of amides is 1. The monoisotopic (exact) mass is 586 g/mol. The maximum absolute atomic E-state index is 13.6. The van der Waals surface area contributed by atoms with Crippen LogP contribution in [-0.2, 0) is 27.6 Å². The van der Waals surface area contributed by atoms with Crippen molar-refractivity contribution in [2.24, 2.45) is 13.0 Å². The topological polar surface area (TPSA) is 100 Å². The van der Waals surface area contributed by atoms with Crippen molar-refractivity contribution < 1.29 is 13.2 Å². The molecule has 0 aliphatic carbocycles. The lowest BCUT2D eigenvalue weighted by molar-refractivity contribution is -0.117. The van der Waals surface area contributed by atoms with Crippen molar-refractivity contribution in [1.82, 2.24) is 19.7 Å². The van der Waals surface area contributed by atoms with E-state index in [0.29, 0.717) is 24.6 Å². The molecule has 1 fully saturated rings. The summed E-state index contributed by atoms with van der Waals surface area (Å²) in [7, 11) is -1.70. The molecule has 42 heavy (non-hydrogen) atoms. The van der Waals surface area contributed by atoms with E-state index in [9.17, 15) is 13.2 Å². The fraction of sp³-hybridized carbons (Fsp3) is 0.344. The summed E-state index contributed by atoms with van der Waals surface area (Å²) in [6.07, 6.45) is 3.91. The van der Waals surface area contributed by atoms with Crippen LogP contribution in [0.4, 0.5) is 11.4 Å². The van der Waals surface area contributed by atoms with E-state index in [4.69, 9.17) is 0 Å². The first kappa shape index (κ1) is 29.5. The zero-order valence-corrected chi connectivity index (χ0v) is 25.0. The molecular formula is C32H38N6O3S. The van der Waals surface area contributed by atoms with Gasteiger partial charge in [0.15, 0.2) is 5.82 Å². The van der Waals surface area contributed by atoms with Crippen LogP contribution in [0.5, 0.6) is 0 Å². The van der Waals surface area contributed by atoms with E-state index < -0.39 is 10.0 Å². The van der Waals surface area contributed by atoms with Crippen LogP contribution in [0.1, 0.15) is 31.7 Å². The minimum absolute atomic E-state index is 0.00941. The summed E-state index contributed by atoms with van der Waals surface area (Å²) < 4.78 is 30.6. The van der Waals surface area contributed by atoms with E-state index in [2.05, 4.69) is 27.3 Å². The molecule has 1 aliphatic rings. The molecule has 1 saturated heterocycles. The number of anilines is 2. The van der Waals surface area contributed by atoms with Gasteiger partial charge in [-0.3, -0.25) is 14.0 Å². The van der Waals surface area contributed by atoms with Crippen LogP contribution < -0.4 is 9.62 Å². The quantitative estimate of drug-likeness (QED) is 0.267. The van der Waals surface area contributed by atoms with E-state index in [1.54, 1.807) is 10.6 Å². The highest BCUT2D eigenvalue weighted by atomic mass is 32.2. The van der Waals surface area contributed by atoms with Gasteiger partial charge in [-0.2, -0.15) is 0 Å². The van der Waals surface area contributed by atoms with Crippen LogP contribution >= 0.6 is 0 Å². The van der Waals surface area contributed by atoms with Crippen molar-refractivity contribution >= 4 is 27.3 Å². The van der Waals surface area contributed by atoms with Crippen molar-refractivity contribution in [3.05, 3.63) is 96.8 Å². The van der Waals surface area contributed by atoms with E-state index in [-0.39, 0.29) is 17.7 Å². The first-order valence-corrected chi connectivity index (χ1v) is 16.0. The number of carbonyl (C=O) groups is 1. The number of likely N-dealkylation sites (tertiary alicyclic amines) is 1. The number of hydrogen-bond acceptors (Lipinski definition) is 6. The Balaban J connectivity index is 1.14. The molecule has 1 atom stereocenters. The van der Waals surface area contributed by atoms with Crippen molar-refractivity contribution in [2.75, 3.05) is 29.3 Å². The molecule has 10 heteroatoms. The number of sulfonamides is 1. The van der Waals surface area contributed by atoms with Gasteiger partial charge < -0.3 is 9.88 Å². The van der Waals surface area contributed by atoms with Gasteiger partial charge in [0.2, 0.25) is 15.9 Å². The molecule has 220 valence electrons. The van der Waals surface area contributed by atoms with Crippen LogP contribution in [0.3, 0.4) is 0 Å². The second kappa shape index (κ2) is 13.3. The summed E-state index contributed by atoms with van der Waals surface area (Å²) in [4.78, 5) is 15.1. The largest absolute Gasteiger partial charge is 0.326 e. The highest BCUT2D eigenvalue weighted by Gasteiger charge is 2.29. The molecule has 0 saturated carbocycles. The predicted molar refractivity (Wildman–Crippen MR) is 166 cm³/mol. The van der Waals surface area contributed by atoms with Crippen LogP contribution in [0.25, 0.3) is 11.4 Å². The number of aryl methyl sites for hydroxylation is 1. The molecule has 2 heterocycles. The van der Waals surface area contributed by atoms with E-state index in [1.807, 2.05) is 96.5 Å². The zero-order valence-electron chi connectivity index (χ0n) is 24.1. The number of para-hydroxylation sites is 1. The van der Waals surface area contributed by atoms with Crippen LogP contribution in [0, 0.1) is 5.92 Å². The van der Waals surface area contributed by atoms with Crippen LogP contribution in [0.2, 0.25) is 0 Å². The minimum Gasteiger partial charge on any atom is -0.326 e. The Kier molecular flexibility index (Phi) is 9.34. The number of benzene rings is 3. The lowest BCUT2D eigenvalue weighted by Gasteiger charge is -2.38. The number of nitrogens with one attached hydrogen (secondary N) is 1. The van der Waals surface area contributed by atoms with Gasteiger partial charge in [0.25, 0.3) is 0 Å². The second-order valence-corrected chi connectivity index (χ2v) is 12.9. The first-order valence-electron chi connectivity index (χ1n) is 14.4. The van der Waals surface area contributed by atoms with Gasteiger partial charge >= 0.3 is 0 Å². The summed E-state index contributed by atoms with van der Waals surface area (Å²) >= 11 is 0. The van der Waals surface area contributed by atoms with Crippen molar-refractivity contribution in [3.63, 3.8) is 0 Å². The summed E-state index contributed by atoms with van der Waals surface area (Å²) in [6.45, 7) is 4.11. The third-order valence-electron chi connectivity index (χ3n) is 7.89. The molecule has 5 rings (SSSR count). The normalized spacial score (nSPS) is 15.3. The Morgan fingerprint density at radius 2 is 1.62 bits per heavy atom. The van der Waals surface area contributed by atoms with E-state index in [1.165, 1.54) is 0 Å². The van der Waals surface area contributed by atoms with Gasteiger partial charge in [-0.15, -0.1) is 10.2 Å². The number of rotatable bonds is 11. The maximum atomic E-state index is 13.6. The molecule has 0 bridgehead atoms. The van der Waals surface area contributed by atoms with Gasteiger partial charge in [-0.1, -0.05) is 48.5 Å². The summed E-state index contributed by atoms with van der Waals surface area (Å²) in [6, 6.07) is 26.3. The average Bonchev–Trinajstić information content (AvgIpc) is 3.43. The number of carbonyl (C=O) groups excluding carboxylic acids is 1. The summed E-state index contributed by atoms with van der Waals surface area (Å²) in [5.74, 6) is 1.03. The van der Waals surface area contributed by atoms with Gasteiger partial charge in [0, 0.05) is 37.3 Å². The molecule has 1 amide bonds. The third-order valence-corrected chi connectivity index (χ3v) is 9.62. The fourth-order valence-corrected chi connectivity index (χ4v) is 7.17. The van der Waals surface area contributed by atoms with Gasteiger partial charge in [-0.25, -0.2) is 8.42 Å². The smallest absolute Gasteiger partial charge is 0.239 e. The molecular weight excluding hydrogens is 548 g/mol. The molecule has 1 N–H and O–H groups in total. The molecule has 4 aromatic rings. The average molecular weight is 587 g/mol. The standard InChI is InChI=1S/C32H38N6O3S/c1-25(22-38(30-11-7-4-8-12-30)42(40,41)23-27-9-5-3-6-10-27)37-19-17-26(18-20-37)21-31(39)34-29-15-13-28(14-16-29)32-35-33-24-36(32)2/h3-16,24-26H,17-23H2,1-2H3,(H,34,39)/t25-/m1/s1. The Morgan fingerprint density at radius 3 is 2.24 bits per heavy atom. The minimum atomic E-state index is -3.59. The maximum Gasteiger partial charge on any atom is 0.239 e. The number of hydrogen-bond donors (Lipinski definition) is 1. The molecule has 3 aromatic carbocycles. The van der Waals surface area contributed by atoms with Crippen molar-refractivity contribution in [1.29, 1.82) is 0 Å². The Morgan fingerprint density at radius 1 is 0.976 bits per heavy atom. The fourth-order valence-electron chi connectivity index (χ4n) is 5.51. The molecule has 0 spiro atoms. The van der Waals surface area contributed by atoms with E-state index >= 15 is 0 Å². The molecule has 1 aromatic heterocycles. The lowest BCUT2D eigenvalue weighted by atomic mass is 9.92. The number of piperidine rings is 1.